The van der Waals surface area contributed by atoms with Crippen LogP contribution in [0.1, 0.15) is 73.6 Å². The van der Waals surface area contributed by atoms with Gasteiger partial charge in [-0.25, -0.2) is 0 Å². The largest absolute Gasteiger partial charge is 0.493 e. The zero-order valence-electron chi connectivity index (χ0n) is 23.8. The average molecular weight is 543 g/mol. The van der Waals surface area contributed by atoms with Crippen LogP contribution in [0.2, 0.25) is 0 Å². The van der Waals surface area contributed by atoms with E-state index in [2.05, 4.69) is 32.6 Å². The van der Waals surface area contributed by atoms with Crippen LogP contribution in [0.4, 0.5) is 0 Å². The van der Waals surface area contributed by atoms with Gasteiger partial charge in [-0.3, -0.25) is 9.59 Å². The Balaban J connectivity index is 2.02. The van der Waals surface area contributed by atoms with Crippen molar-refractivity contribution in [2.75, 3.05) is 33.9 Å². The summed E-state index contributed by atoms with van der Waals surface area (Å²) in [5, 5.41) is 0. The predicted octanol–water partition coefficient (Wildman–Crippen LogP) is 6.80. The van der Waals surface area contributed by atoms with Crippen LogP contribution in [-0.2, 0) is 22.6 Å². The fourth-order valence-electron chi connectivity index (χ4n) is 4.42. The quantitative estimate of drug-likeness (QED) is 0.145. The number of thiophene rings is 1. The number of rotatable bonds is 19. The number of nitrogens with zero attached hydrogens (tertiary/aromatic N) is 2. The Hall–Kier alpha value is -2.80. The van der Waals surface area contributed by atoms with Crippen LogP contribution in [0, 0.1) is 6.92 Å². The number of hydrogen-bond donors (Lipinski definition) is 0. The zero-order valence-corrected chi connectivity index (χ0v) is 24.6. The molecule has 0 N–H and O–H groups in total. The van der Waals surface area contributed by atoms with Gasteiger partial charge in [0, 0.05) is 29.3 Å². The average Bonchev–Trinajstić information content (AvgIpc) is 3.34. The molecule has 2 rings (SSSR count). The second-order valence-electron chi connectivity index (χ2n) is 9.70. The smallest absolute Gasteiger partial charge is 0.242 e. The fourth-order valence-corrected chi connectivity index (χ4v) is 5.32. The molecule has 6 nitrogen and oxygen atoms in total. The van der Waals surface area contributed by atoms with Gasteiger partial charge in [-0.1, -0.05) is 57.6 Å². The second kappa shape index (κ2) is 17.7. The van der Waals surface area contributed by atoms with Crippen molar-refractivity contribution in [1.82, 2.24) is 9.80 Å². The second-order valence-corrected chi connectivity index (χ2v) is 11.1. The molecule has 1 aromatic carbocycles. The molecule has 0 saturated carbocycles. The summed E-state index contributed by atoms with van der Waals surface area (Å²) >= 11 is 1.69. The molecule has 0 aliphatic heterocycles. The lowest BCUT2D eigenvalue weighted by atomic mass is 10.1. The molecule has 0 radical (unpaired) electrons. The monoisotopic (exact) mass is 542 g/mol. The van der Waals surface area contributed by atoms with Gasteiger partial charge in [-0.2, -0.15) is 0 Å². The summed E-state index contributed by atoms with van der Waals surface area (Å²) in [6.07, 6.45) is 10.9. The van der Waals surface area contributed by atoms with Gasteiger partial charge >= 0.3 is 0 Å². The number of methoxy groups -OCH3 is 2. The van der Waals surface area contributed by atoms with Crippen LogP contribution in [0.5, 0.6) is 11.5 Å². The van der Waals surface area contributed by atoms with E-state index in [1.807, 2.05) is 23.1 Å². The molecular weight excluding hydrogens is 496 g/mol. The van der Waals surface area contributed by atoms with Gasteiger partial charge in [0.15, 0.2) is 11.5 Å². The fraction of sp³-hybridized carbons (Fsp3) is 0.548. The van der Waals surface area contributed by atoms with Crippen molar-refractivity contribution in [3.8, 4) is 11.5 Å². The number of unbranched alkanes of at least 4 members (excludes halogenated alkanes) is 6. The van der Waals surface area contributed by atoms with E-state index in [1.54, 1.807) is 36.5 Å². The van der Waals surface area contributed by atoms with Gasteiger partial charge in [0.1, 0.15) is 6.54 Å². The van der Waals surface area contributed by atoms with Gasteiger partial charge in [0.2, 0.25) is 11.8 Å². The highest BCUT2D eigenvalue weighted by Gasteiger charge is 2.21. The summed E-state index contributed by atoms with van der Waals surface area (Å²) in [7, 11) is 3.24. The Labute approximate surface area is 233 Å². The standard InChI is InChI=1S/C31H46N2O4S/c1-6-8-9-10-11-12-13-14-30(34)32(20-7-2)24-31(35)33(23-27-17-15-25(3)38-27)21-19-26-16-18-28(36-4)29(22-26)37-5/h7,15-18,22H,2,6,8-14,19-21,23-24H2,1,3-5H3. The van der Waals surface area contributed by atoms with E-state index < -0.39 is 0 Å². The topological polar surface area (TPSA) is 59.1 Å². The first-order valence-electron chi connectivity index (χ1n) is 13.8. The minimum absolute atomic E-state index is 0.0265. The first-order valence-corrected chi connectivity index (χ1v) is 14.7. The van der Waals surface area contributed by atoms with E-state index in [1.165, 1.54) is 30.6 Å². The van der Waals surface area contributed by atoms with Gasteiger partial charge in [0.05, 0.1) is 20.8 Å². The minimum atomic E-state index is -0.0497. The lowest BCUT2D eigenvalue weighted by Gasteiger charge is -2.27. The van der Waals surface area contributed by atoms with Crippen molar-refractivity contribution in [2.45, 2.75) is 78.2 Å². The maximum atomic E-state index is 13.5. The molecule has 0 aliphatic rings. The molecule has 210 valence electrons. The van der Waals surface area contributed by atoms with Crippen LogP contribution in [0.15, 0.2) is 43.0 Å². The maximum Gasteiger partial charge on any atom is 0.242 e. The highest BCUT2D eigenvalue weighted by molar-refractivity contribution is 7.11. The van der Waals surface area contributed by atoms with Crippen LogP contribution < -0.4 is 9.47 Å². The van der Waals surface area contributed by atoms with E-state index in [0.717, 1.165) is 29.7 Å². The van der Waals surface area contributed by atoms with Gasteiger partial charge in [-0.15, -0.1) is 17.9 Å². The summed E-state index contributed by atoms with van der Waals surface area (Å²) in [5.41, 5.74) is 1.06. The summed E-state index contributed by atoms with van der Waals surface area (Å²) in [6.45, 7) is 9.61. The molecule has 0 spiro atoms. The number of benzene rings is 1. The van der Waals surface area contributed by atoms with E-state index in [-0.39, 0.29) is 18.4 Å². The number of aryl methyl sites for hydroxylation is 1. The number of amides is 2. The zero-order chi connectivity index (χ0) is 27.8. The normalized spacial score (nSPS) is 10.7. The SMILES string of the molecule is C=CCN(CC(=O)N(CCc1ccc(OC)c(OC)c1)Cc1ccc(C)s1)C(=O)CCCCCCCCC. The third kappa shape index (κ3) is 10.9. The molecule has 2 amide bonds. The predicted molar refractivity (Wildman–Crippen MR) is 157 cm³/mol. The Kier molecular flexibility index (Phi) is 14.6. The highest BCUT2D eigenvalue weighted by Crippen LogP contribution is 2.28. The van der Waals surface area contributed by atoms with Crippen molar-refractivity contribution in [3.63, 3.8) is 0 Å². The Morgan fingerprint density at radius 2 is 1.63 bits per heavy atom. The van der Waals surface area contributed by atoms with Crippen LogP contribution in [-0.4, -0.2) is 55.5 Å². The molecule has 0 atom stereocenters. The maximum absolute atomic E-state index is 13.5. The van der Waals surface area contributed by atoms with Crippen molar-refractivity contribution in [2.24, 2.45) is 0 Å². The van der Waals surface area contributed by atoms with Crippen molar-refractivity contribution >= 4 is 23.2 Å². The molecule has 1 heterocycles. The van der Waals surface area contributed by atoms with Gasteiger partial charge in [0.25, 0.3) is 0 Å². The highest BCUT2D eigenvalue weighted by atomic mass is 32.1. The Morgan fingerprint density at radius 3 is 2.26 bits per heavy atom. The molecule has 38 heavy (non-hydrogen) atoms. The van der Waals surface area contributed by atoms with E-state index in [0.29, 0.717) is 44.0 Å². The molecule has 0 saturated heterocycles. The molecule has 0 aliphatic carbocycles. The molecule has 2 aromatic rings. The third-order valence-corrected chi connectivity index (χ3v) is 7.62. The minimum Gasteiger partial charge on any atom is -0.493 e. The lowest BCUT2D eigenvalue weighted by Crippen LogP contribution is -2.43. The van der Waals surface area contributed by atoms with Crippen LogP contribution in [0.3, 0.4) is 0 Å². The summed E-state index contributed by atoms with van der Waals surface area (Å²) in [5.74, 6) is 1.33. The van der Waals surface area contributed by atoms with Crippen molar-refractivity contribution < 1.29 is 19.1 Å². The van der Waals surface area contributed by atoms with Crippen LogP contribution >= 0.6 is 11.3 Å². The molecular formula is C31H46N2O4S. The molecule has 0 bridgehead atoms. The molecule has 0 unspecified atom stereocenters. The van der Waals surface area contributed by atoms with Gasteiger partial charge in [-0.05, 0) is 49.6 Å². The van der Waals surface area contributed by atoms with E-state index >= 15 is 0 Å². The number of ether oxygens (including phenoxy) is 2. The lowest BCUT2D eigenvalue weighted by molar-refractivity contribution is -0.140. The Bertz CT molecular complexity index is 1000. The Morgan fingerprint density at radius 1 is 0.921 bits per heavy atom. The van der Waals surface area contributed by atoms with Crippen LogP contribution in [0.25, 0.3) is 0 Å². The molecule has 1 aromatic heterocycles. The number of carbonyl (C=O) groups excluding carboxylic acids is 2. The van der Waals surface area contributed by atoms with Crippen molar-refractivity contribution in [3.05, 3.63) is 58.3 Å². The molecule has 7 heteroatoms. The van der Waals surface area contributed by atoms with E-state index in [9.17, 15) is 9.59 Å². The van der Waals surface area contributed by atoms with E-state index in [4.69, 9.17) is 9.47 Å². The summed E-state index contributed by atoms with van der Waals surface area (Å²) < 4.78 is 10.8. The summed E-state index contributed by atoms with van der Waals surface area (Å²) in [6, 6.07) is 9.98. The van der Waals surface area contributed by atoms with Gasteiger partial charge < -0.3 is 19.3 Å². The van der Waals surface area contributed by atoms with Crippen molar-refractivity contribution in [1.29, 1.82) is 0 Å². The first kappa shape index (κ1) is 31.4. The number of carbonyl (C=O) groups is 2. The number of hydrogen-bond acceptors (Lipinski definition) is 5. The first-order chi connectivity index (χ1) is 18.4. The molecule has 0 fully saturated rings. The third-order valence-electron chi connectivity index (χ3n) is 6.64. The summed E-state index contributed by atoms with van der Waals surface area (Å²) in [4.78, 5) is 32.4.